The summed E-state index contributed by atoms with van der Waals surface area (Å²) in [6.45, 7) is 0. The molecule has 0 heterocycles. The molecule has 12 heteroatoms. The second-order valence-electron chi connectivity index (χ2n) is 3.26. The van der Waals surface area contributed by atoms with Crippen LogP contribution in [-0.2, 0) is 14.8 Å². The lowest BCUT2D eigenvalue weighted by molar-refractivity contribution is -0.396. The van der Waals surface area contributed by atoms with Crippen molar-refractivity contribution in [1.29, 1.82) is 0 Å². The van der Waals surface area contributed by atoms with E-state index in [0.717, 1.165) is 13.2 Å². The average Bonchev–Trinajstić information content (AvgIpc) is 2.37. The summed E-state index contributed by atoms with van der Waals surface area (Å²) in [5.74, 6) is 0. The molecule has 1 aromatic rings. The van der Waals surface area contributed by atoms with E-state index in [1.54, 1.807) is 0 Å². The van der Waals surface area contributed by atoms with Crippen LogP contribution >= 0.6 is 0 Å². The third kappa shape index (κ3) is 3.17. The van der Waals surface area contributed by atoms with Crippen molar-refractivity contribution in [3.05, 3.63) is 38.4 Å². The van der Waals surface area contributed by atoms with Gasteiger partial charge in [-0.25, -0.2) is 17.9 Å². The van der Waals surface area contributed by atoms with Gasteiger partial charge in [-0.1, -0.05) is 0 Å². The summed E-state index contributed by atoms with van der Waals surface area (Å²) in [5, 5.41) is 21.3. The van der Waals surface area contributed by atoms with Gasteiger partial charge >= 0.3 is 6.09 Å². The molecule has 0 spiro atoms. The number of rotatable bonds is 4. The number of hydrogen-bond donors (Lipinski definition) is 1. The van der Waals surface area contributed by atoms with E-state index in [-0.39, 0.29) is 0 Å². The van der Waals surface area contributed by atoms with Crippen molar-refractivity contribution < 1.29 is 27.8 Å². The van der Waals surface area contributed by atoms with Gasteiger partial charge in [-0.15, -0.1) is 0 Å². The van der Waals surface area contributed by atoms with E-state index in [1.807, 2.05) is 0 Å². The number of nitrogens with one attached hydrogen (secondary N) is 1. The monoisotopic (exact) mass is 305 g/mol. The highest BCUT2D eigenvalue weighted by Crippen LogP contribution is 2.28. The van der Waals surface area contributed by atoms with Gasteiger partial charge in [-0.3, -0.25) is 20.2 Å². The van der Waals surface area contributed by atoms with Crippen molar-refractivity contribution in [1.82, 2.24) is 4.72 Å². The lowest BCUT2D eigenvalue weighted by Gasteiger charge is -2.06. The molecule has 0 unspecified atom stereocenters. The Morgan fingerprint density at radius 1 is 1.25 bits per heavy atom. The highest BCUT2D eigenvalue weighted by molar-refractivity contribution is 7.90. The Bertz CT molecular complexity index is 683. The van der Waals surface area contributed by atoms with Crippen LogP contribution in [0.25, 0.3) is 0 Å². The summed E-state index contributed by atoms with van der Waals surface area (Å²) in [7, 11) is -3.68. The van der Waals surface area contributed by atoms with Crippen LogP contribution in [0.2, 0.25) is 0 Å². The average molecular weight is 305 g/mol. The molecule has 1 amide bonds. The zero-order valence-electron chi connectivity index (χ0n) is 9.80. The fourth-order valence-electron chi connectivity index (χ4n) is 1.20. The molecule has 0 aliphatic heterocycles. The van der Waals surface area contributed by atoms with E-state index >= 15 is 0 Å². The summed E-state index contributed by atoms with van der Waals surface area (Å²) >= 11 is 0. The Morgan fingerprint density at radius 3 is 2.30 bits per heavy atom. The summed E-state index contributed by atoms with van der Waals surface area (Å²) in [4.78, 5) is 29.2. The molecule has 0 saturated heterocycles. The maximum Gasteiger partial charge on any atom is 0.420 e. The lowest BCUT2D eigenvalue weighted by atomic mass is 10.3. The van der Waals surface area contributed by atoms with E-state index in [1.165, 1.54) is 4.72 Å². The second-order valence-corrected chi connectivity index (χ2v) is 4.91. The molecule has 0 aliphatic rings. The Balaban J connectivity index is 3.41. The zero-order chi connectivity index (χ0) is 15.5. The molecule has 0 aromatic heterocycles. The molecule has 0 fully saturated rings. The molecule has 0 atom stereocenters. The van der Waals surface area contributed by atoms with Gasteiger partial charge in [-0.05, 0) is 6.07 Å². The second kappa shape index (κ2) is 5.48. The number of nitrogens with zero attached hydrogens (tertiary/aromatic N) is 2. The summed E-state index contributed by atoms with van der Waals surface area (Å²) in [6.07, 6.45) is -1.35. The van der Waals surface area contributed by atoms with Crippen LogP contribution < -0.4 is 4.72 Å². The molecule has 0 bridgehead atoms. The Kier molecular flexibility index (Phi) is 4.19. The van der Waals surface area contributed by atoms with Gasteiger partial charge in [0.05, 0.1) is 23.0 Å². The summed E-state index contributed by atoms with van der Waals surface area (Å²) in [6, 6.07) is 1.90. The molecule has 20 heavy (non-hydrogen) atoms. The smallest absolute Gasteiger partial charge is 0.420 e. The van der Waals surface area contributed by atoms with Crippen molar-refractivity contribution in [2.75, 3.05) is 7.11 Å². The number of non-ortho nitro benzene ring substituents is 1. The van der Waals surface area contributed by atoms with Crippen molar-refractivity contribution in [3.8, 4) is 0 Å². The first-order valence-corrected chi connectivity index (χ1v) is 6.21. The normalized spacial score (nSPS) is 10.7. The zero-order valence-corrected chi connectivity index (χ0v) is 10.6. The first-order chi connectivity index (χ1) is 9.19. The third-order valence-electron chi connectivity index (χ3n) is 2.04. The first kappa shape index (κ1) is 15.3. The quantitative estimate of drug-likeness (QED) is 0.623. The standard InChI is InChI=1S/C8H7N3O8S/c1-19-8(12)9-20(17,18)7-3-2-5(10(13)14)4-6(7)11(15)16/h2-4H,1H3,(H,9,12). The van der Waals surface area contributed by atoms with Crippen molar-refractivity contribution in [2.24, 2.45) is 0 Å². The number of carbonyl (C=O) groups is 1. The van der Waals surface area contributed by atoms with Crippen LogP contribution in [0, 0.1) is 20.2 Å². The SMILES string of the molecule is COC(=O)NS(=O)(=O)c1ccc([N+](=O)[O-])cc1[N+](=O)[O-]. The summed E-state index contributed by atoms with van der Waals surface area (Å²) < 4.78 is 28.9. The predicted octanol–water partition coefficient (Wildman–Crippen LogP) is 0.548. The Hall–Kier alpha value is -2.76. The van der Waals surface area contributed by atoms with Crippen molar-refractivity contribution >= 4 is 27.5 Å². The van der Waals surface area contributed by atoms with Gasteiger partial charge in [0.2, 0.25) is 0 Å². The number of hydrogen-bond acceptors (Lipinski definition) is 8. The third-order valence-corrected chi connectivity index (χ3v) is 3.40. The molecule has 0 saturated carbocycles. The Labute approximate surface area is 111 Å². The molecule has 0 radical (unpaired) electrons. The van der Waals surface area contributed by atoms with Gasteiger partial charge in [-0.2, -0.15) is 0 Å². The van der Waals surface area contributed by atoms with Gasteiger partial charge in [0.15, 0.2) is 4.90 Å². The van der Waals surface area contributed by atoms with Crippen LogP contribution in [0.4, 0.5) is 16.2 Å². The van der Waals surface area contributed by atoms with E-state index in [0.29, 0.717) is 12.1 Å². The van der Waals surface area contributed by atoms with Gasteiger partial charge < -0.3 is 4.74 Å². The van der Waals surface area contributed by atoms with Crippen LogP contribution in [0.5, 0.6) is 0 Å². The molecule has 0 aliphatic carbocycles. The maximum atomic E-state index is 11.7. The van der Waals surface area contributed by atoms with Crippen LogP contribution in [0.3, 0.4) is 0 Å². The van der Waals surface area contributed by atoms with E-state index < -0.39 is 42.2 Å². The minimum atomic E-state index is -4.58. The van der Waals surface area contributed by atoms with Gasteiger partial charge in [0.25, 0.3) is 21.4 Å². The summed E-state index contributed by atoms with van der Waals surface area (Å²) in [5.41, 5.74) is -1.69. The fraction of sp³-hybridized carbons (Fsp3) is 0.125. The topological polar surface area (TPSA) is 159 Å². The first-order valence-electron chi connectivity index (χ1n) is 4.72. The molecular formula is C8H7N3O8S. The number of ether oxygens (including phenoxy) is 1. The van der Waals surface area contributed by atoms with Crippen molar-refractivity contribution in [2.45, 2.75) is 4.90 Å². The number of benzene rings is 1. The largest absolute Gasteiger partial charge is 0.452 e. The Morgan fingerprint density at radius 2 is 1.85 bits per heavy atom. The molecule has 1 rings (SSSR count). The fourth-order valence-corrected chi connectivity index (χ4v) is 2.26. The lowest BCUT2D eigenvalue weighted by Crippen LogP contribution is -2.30. The number of nitro benzene ring substituents is 2. The van der Waals surface area contributed by atoms with Gasteiger partial charge in [0, 0.05) is 6.07 Å². The minimum absolute atomic E-state index is 0.478. The van der Waals surface area contributed by atoms with Crippen molar-refractivity contribution in [3.63, 3.8) is 0 Å². The van der Waals surface area contributed by atoms with E-state index in [4.69, 9.17) is 0 Å². The van der Waals surface area contributed by atoms with Gasteiger partial charge in [0.1, 0.15) is 0 Å². The number of amides is 1. The highest BCUT2D eigenvalue weighted by Gasteiger charge is 2.30. The van der Waals surface area contributed by atoms with E-state index in [9.17, 15) is 33.4 Å². The molecular weight excluding hydrogens is 298 g/mol. The molecule has 11 nitrogen and oxygen atoms in total. The molecule has 1 N–H and O–H groups in total. The number of carbonyl (C=O) groups excluding carboxylic acids is 1. The van der Waals surface area contributed by atoms with E-state index in [2.05, 4.69) is 4.74 Å². The van der Waals surface area contributed by atoms with Crippen LogP contribution in [0.1, 0.15) is 0 Å². The molecule has 108 valence electrons. The maximum absolute atomic E-state index is 11.7. The van der Waals surface area contributed by atoms with Crippen LogP contribution in [0.15, 0.2) is 23.1 Å². The van der Waals surface area contributed by atoms with Crippen LogP contribution in [-0.4, -0.2) is 31.5 Å². The number of sulfonamides is 1. The minimum Gasteiger partial charge on any atom is -0.452 e. The number of methoxy groups -OCH3 is 1. The number of nitro groups is 2. The molecule has 1 aromatic carbocycles. The highest BCUT2D eigenvalue weighted by atomic mass is 32.2. The predicted molar refractivity (Wildman–Crippen MR) is 62.5 cm³/mol.